The zero-order chi connectivity index (χ0) is 16.1. The average molecular weight is 449 g/mol. The van der Waals surface area contributed by atoms with Gasteiger partial charge < -0.3 is 10.6 Å². The molecule has 114 valence electrons. The molecule has 0 aliphatic heterocycles. The molecular weight excluding hydrogens is 438 g/mol. The highest BCUT2D eigenvalue weighted by molar-refractivity contribution is 14.1. The molecule has 1 amide bonds. The van der Waals surface area contributed by atoms with Gasteiger partial charge in [0.05, 0.1) is 12.1 Å². The number of hydrogen-bond acceptors (Lipinski definition) is 2. The number of amides is 1. The summed E-state index contributed by atoms with van der Waals surface area (Å²) in [6, 6.07) is 11.6. The van der Waals surface area contributed by atoms with Crippen LogP contribution in [0.1, 0.15) is 5.56 Å². The van der Waals surface area contributed by atoms with Crippen LogP contribution in [0, 0.1) is 9.39 Å². The van der Waals surface area contributed by atoms with Crippen molar-refractivity contribution in [3.8, 4) is 0 Å². The number of carbonyl (C=O) groups is 1. The van der Waals surface area contributed by atoms with Crippen LogP contribution in [0.25, 0.3) is 0 Å². The van der Waals surface area contributed by atoms with E-state index in [2.05, 4.69) is 10.6 Å². The first-order valence-corrected chi connectivity index (χ1v) is 8.11. The highest BCUT2D eigenvalue weighted by atomic mass is 127. The molecule has 2 aromatic rings. The monoisotopic (exact) mass is 448 g/mol. The molecule has 0 radical (unpaired) electrons. The third-order valence-corrected chi connectivity index (χ3v) is 3.84. The average Bonchev–Trinajstić information content (AvgIpc) is 2.44. The van der Waals surface area contributed by atoms with Gasteiger partial charge >= 0.3 is 0 Å². The van der Waals surface area contributed by atoms with E-state index in [0.29, 0.717) is 5.02 Å². The molecule has 0 saturated carbocycles. The molecule has 0 heterocycles. The van der Waals surface area contributed by atoms with Gasteiger partial charge in [-0.15, -0.1) is 0 Å². The van der Waals surface area contributed by atoms with Gasteiger partial charge in [-0.3, -0.25) is 4.79 Å². The molecule has 0 unspecified atom stereocenters. The second kappa shape index (κ2) is 7.85. The lowest BCUT2D eigenvalue weighted by molar-refractivity contribution is -0.119. The predicted octanol–water partition coefficient (Wildman–Crippen LogP) is 4.14. The fourth-order valence-electron chi connectivity index (χ4n) is 1.70. The molecule has 2 rings (SSSR count). The van der Waals surface area contributed by atoms with E-state index in [1.165, 1.54) is 6.07 Å². The fraction of sp³-hybridized carbons (Fsp3) is 0.0667. The second-order valence-electron chi connectivity index (χ2n) is 4.43. The summed E-state index contributed by atoms with van der Waals surface area (Å²) in [7, 11) is 0. The van der Waals surface area contributed by atoms with Crippen LogP contribution in [-0.4, -0.2) is 11.0 Å². The number of rotatable bonds is 3. The van der Waals surface area contributed by atoms with Gasteiger partial charge in [0.1, 0.15) is 5.82 Å². The molecule has 0 saturated heterocycles. The van der Waals surface area contributed by atoms with Crippen molar-refractivity contribution in [3.05, 3.63) is 62.4 Å². The summed E-state index contributed by atoms with van der Waals surface area (Å²) < 4.78 is 14.5. The Morgan fingerprint density at radius 2 is 1.91 bits per heavy atom. The zero-order valence-electron chi connectivity index (χ0n) is 11.2. The smallest absolute Gasteiger partial charge is 0.230 e. The van der Waals surface area contributed by atoms with Crippen LogP contribution in [0.4, 0.5) is 10.1 Å². The minimum Gasteiger partial charge on any atom is -0.330 e. The lowest BCUT2D eigenvalue weighted by atomic mass is 10.1. The van der Waals surface area contributed by atoms with Gasteiger partial charge in [0.15, 0.2) is 5.11 Å². The normalized spacial score (nSPS) is 10.1. The van der Waals surface area contributed by atoms with Crippen LogP contribution >= 0.6 is 46.4 Å². The van der Waals surface area contributed by atoms with Gasteiger partial charge in [-0.25, -0.2) is 4.39 Å². The van der Waals surface area contributed by atoms with Gasteiger partial charge in [-0.1, -0.05) is 23.7 Å². The van der Waals surface area contributed by atoms with Crippen LogP contribution in [-0.2, 0) is 11.2 Å². The Kier molecular flexibility index (Phi) is 6.10. The van der Waals surface area contributed by atoms with Gasteiger partial charge in [-0.2, -0.15) is 0 Å². The summed E-state index contributed by atoms with van der Waals surface area (Å²) in [6.07, 6.45) is 0.161. The van der Waals surface area contributed by atoms with Crippen molar-refractivity contribution in [2.45, 2.75) is 6.42 Å². The molecule has 7 heteroatoms. The van der Waals surface area contributed by atoms with Crippen LogP contribution in [0.15, 0.2) is 42.5 Å². The van der Waals surface area contributed by atoms with Gasteiger partial charge in [0, 0.05) is 8.59 Å². The van der Waals surface area contributed by atoms with Gasteiger partial charge in [-0.05, 0) is 70.7 Å². The SMILES string of the molecule is O=C(Cc1ccc(Cl)cc1)NC(=S)Nc1ccc(I)cc1F. The summed E-state index contributed by atoms with van der Waals surface area (Å²) in [5.74, 6) is -0.716. The van der Waals surface area contributed by atoms with Crippen molar-refractivity contribution in [2.24, 2.45) is 0 Å². The Labute approximate surface area is 151 Å². The van der Waals surface area contributed by atoms with Crippen LogP contribution in [0.2, 0.25) is 5.02 Å². The minimum absolute atomic E-state index is 0.0547. The number of anilines is 1. The topological polar surface area (TPSA) is 41.1 Å². The number of halogens is 3. The van der Waals surface area contributed by atoms with Gasteiger partial charge in [0.25, 0.3) is 0 Å². The van der Waals surface area contributed by atoms with E-state index in [4.69, 9.17) is 23.8 Å². The van der Waals surface area contributed by atoms with E-state index >= 15 is 0 Å². The number of thiocarbonyl (C=S) groups is 1. The number of hydrogen-bond donors (Lipinski definition) is 2. The maximum Gasteiger partial charge on any atom is 0.230 e. The molecule has 2 N–H and O–H groups in total. The number of benzene rings is 2. The lowest BCUT2D eigenvalue weighted by Gasteiger charge is -2.10. The molecular formula is C15H11ClFIN2OS. The molecule has 0 spiro atoms. The Morgan fingerprint density at radius 3 is 2.55 bits per heavy atom. The third-order valence-electron chi connectivity index (χ3n) is 2.71. The molecule has 2 aromatic carbocycles. The molecule has 0 fully saturated rings. The second-order valence-corrected chi connectivity index (χ2v) is 6.52. The largest absolute Gasteiger partial charge is 0.330 e. The maximum absolute atomic E-state index is 13.7. The first-order valence-electron chi connectivity index (χ1n) is 6.24. The molecule has 0 aliphatic carbocycles. The number of nitrogens with one attached hydrogen (secondary N) is 2. The van der Waals surface area contributed by atoms with Crippen molar-refractivity contribution in [2.75, 3.05) is 5.32 Å². The molecule has 22 heavy (non-hydrogen) atoms. The molecule has 0 bridgehead atoms. The van der Waals surface area contributed by atoms with E-state index in [9.17, 15) is 9.18 Å². The van der Waals surface area contributed by atoms with Crippen molar-refractivity contribution < 1.29 is 9.18 Å². The van der Waals surface area contributed by atoms with E-state index in [0.717, 1.165) is 9.13 Å². The lowest BCUT2D eigenvalue weighted by Crippen LogP contribution is -2.35. The van der Waals surface area contributed by atoms with Crippen molar-refractivity contribution in [1.82, 2.24) is 5.32 Å². The predicted molar refractivity (Wildman–Crippen MR) is 98.6 cm³/mol. The molecule has 0 atom stereocenters. The van der Waals surface area contributed by atoms with Crippen molar-refractivity contribution in [3.63, 3.8) is 0 Å². The quantitative estimate of drug-likeness (QED) is 0.548. The summed E-state index contributed by atoms with van der Waals surface area (Å²) in [4.78, 5) is 11.9. The van der Waals surface area contributed by atoms with E-state index in [1.54, 1.807) is 36.4 Å². The molecule has 0 aromatic heterocycles. The maximum atomic E-state index is 13.7. The highest BCUT2D eigenvalue weighted by Crippen LogP contribution is 2.16. The Bertz CT molecular complexity index is 709. The first-order chi connectivity index (χ1) is 10.4. The van der Waals surface area contributed by atoms with Crippen LogP contribution in [0.5, 0.6) is 0 Å². The van der Waals surface area contributed by atoms with Crippen LogP contribution in [0.3, 0.4) is 0 Å². The van der Waals surface area contributed by atoms with Crippen molar-refractivity contribution in [1.29, 1.82) is 0 Å². The van der Waals surface area contributed by atoms with Crippen molar-refractivity contribution >= 4 is 63.1 Å². The van der Waals surface area contributed by atoms with E-state index in [-0.39, 0.29) is 23.1 Å². The van der Waals surface area contributed by atoms with E-state index < -0.39 is 5.82 Å². The zero-order valence-corrected chi connectivity index (χ0v) is 14.9. The first kappa shape index (κ1) is 17.1. The third kappa shape index (κ3) is 5.19. The summed E-state index contributed by atoms with van der Waals surface area (Å²) in [5, 5.41) is 5.84. The summed E-state index contributed by atoms with van der Waals surface area (Å²) in [6.45, 7) is 0. The Hall–Kier alpha value is -1.25. The Balaban J connectivity index is 1.91. The summed E-state index contributed by atoms with van der Waals surface area (Å²) in [5.41, 5.74) is 1.03. The number of carbonyl (C=O) groups excluding carboxylic acids is 1. The molecule has 0 aliphatic rings. The molecule has 3 nitrogen and oxygen atoms in total. The highest BCUT2D eigenvalue weighted by Gasteiger charge is 2.08. The Morgan fingerprint density at radius 1 is 1.23 bits per heavy atom. The van der Waals surface area contributed by atoms with Gasteiger partial charge in [0.2, 0.25) is 5.91 Å². The van der Waals surface area contributed by atoms with Crippen LogP contribution < -0.4 is 10.6 Å². The standard InChI is InChI=1S/C15H11ClFIN2OS/c16-10-3-1-9(2-4-10)7-14(21)20-15(22)19-13-6-5-11(18)8-12(13)17/h1-6,8H,7H2,(H2,19,20,21,22). The summed E-state index contributed by atoms with van der Waals surface area (Å²) >= 11 is 12.8. The van der Waals surface area contributed by atoms with E-state index in [1.807, 2.05) is 22.6 Å². The fourth-order valence-corrected chi connectivity index (χ4v) is 2.51. The minimum atomic E-state index is -0.429.